The standard InChI is InChI=1S/C25H19ClFN3O2/c26-18-7-5-15(6-8-18)24-22-13-19(27)9-10-21(22)25(32)30(29-24)14-23(31)28-20-11-16-3-1-2-4-17(16)12-20/h1-10,13,20H,11-12,14H2,(H,28,31). The van der Waals surface area contributed by atoms with E-state index in [9.17, 15) is 14.0 Å². The van der Waals surface area contributed by atoms with Crippen molar-refractivity contribution in [1.29, 1.82) is 0 Å². The van der Waals surface area contributed by atoms with E-state index in [2.05, 4.69) is 22.5 Å². The number of rotatable bonds is 4. The molecule has 3 aromatic carbocycles. The number of fused-ring (bicyclic) bond motifs is 2. The van der Waals surface area contributed by atoms with Gasteiger partial charge in [0, 0.05) is 22.0 Å². The van der Waals surface area contributed by atoms with E-state index < -0.39 is 11.4 Å². The maximum absolute atomic E-state index is 14.0. The molecule has 0 fully saturated rings. The predicted molar refractivity (Wildman–Crippen MR) is 122 cm³/mol. The normalized spacial score (nSPS) is 13.3. The number of carbonyl (C=O) groups is 1. The first kappa shape index (κ1) is 20.4. The van der Waals surface area contributed by atoms with Crippen LogP contribution in [0.4, 0.5) is 4.39 Å². The van der Waals surface area contributed by atoms with Crippen LogP contribution in [0, 0.1) is 5.82 Å². The molecule has 0 unspecified atom stereocenters. The zero-order valence-corrected chi connectivity index (χ0v) is 17.8. The van der Waals surface area contributed by atoms with Gasteiger partial charge in [0.05, 0.1) is 11.1 Å². The molecule has 0 atom stereocenters. The third-order valence-corrected chi connectivity index (χ3v) is 6.00. The quantitative estimate of drug-likeness (QED) is 0.511. The number of hydrogen-bond donors (Lipinski definition) is 1. The fourth-order valence-electron chi connectivity index (χ4n) is 4.26. The summed E-state index contributed by atoms with van der Waals surface area (Å²) in [5.41, 5.74) is 3.10. The second kappa shape index (κ2) is 8.20. The lowest BCUT2D eigenvalue weighted by molar-refractivity contribution is -0.122. The van der Waals surface area contributed by atoms with Crippen LogP contribution in [0.3, 0.4) is 0 Å². The highest BCUT2D eigenvalue weighted by Gasteiger charge is 2.23. The molecule has 1 aliphatic carbocycles. The number of benzene rings is 3. The molecular formula is C25H19ClFN3O2. The molecule has 5 nitrogen and oxygen atoms in total. The average Bonchev–Trinajstić information content (AvgIpc) is 3.18. The minimum atomic E-state index is -0.467. The van der Waals surface area contributed by atoms with Crippen molar-refractivity contribution < 1.29 is 9.18 Å². The number of halogens is 2. The van der Waals surface area contributed by atoms with Crippen molar-refractivity contribution in [1.82, 2.24) is 15.1 Å². The topological polar surface area (TPSA) is 64.0 Å². The molecule has 5 rings (SSSR count). The van der Waals surface area contributed by atoms with Crippen molar-refractivity contribution in [3.63, 3.8) is 0 Å². The Morgan fingerprint density at radius 3 is 2.41 bits per heavy atom. The summed E-state index contributed by atoms with van der Waals surface area (Å²) in [5, 5.41) is 8.68. The Balaban J connectivity index is 1.47. The Hall–Kier alpha value is -3.51. The minimum absolute atomic E-state index is 0.0131. The van der Waals surface area contributed by atoms with Crippen LogP contribution in [0.25, 0.3) is 22.0 Å². The minimum Gasteiger partial charge on any atom is -0.351 e. The Kier molecular flexibility index (Phi) is 5.23. The summed E-state index contributed by atoms with van der Waals surface area (Å²) < 4.78 is 15.1. The van der Waals surface area contributed by atoms with Gasteiger partial charge in [0.2, 0.25) is 5.91 Å². The van der Waals surface area contributed by atoms with Gasteiger partial charge in [-0.15, -0.1) is 0 Å². The summed E-state index contributed by atoms with van der Waals surface area (Å²) in [4.78, 5) is 25.8. The molecule has 1 aliphatic rings. The molecule has 1 amide bonds. The predicted octanol–water partition coefficient (Wildman–Crippen LogP) is 4.14. The molecule has 32 heavy (non-hydrogen) atoms. The molecule has 0 saturated heterocycles. The maximum atomic E-state index is 14.0. The van der Waals surface area contributed by atoms with Crippen LogP contribution >= 0.6 is 11.6 Å². The third kappa shape index (κ3) is 3.89. The van der Waals surface area contributed by atoms with Crippen LogP contribution < -0.4 is 10.9 Å². The summed E-state index contributed by atoms with van der Waals surface area (Å²) in [6.45, 7) is -0.223. The molecule has 1 aromatic heterocycles. The second-order valence-corrected chi connectivity index (χ2v) is 8.39. The Labute approximate surface area is 188 Å². The lowest BCUT2D eigenvalue weighted by atomic mass is 10.0. The Bertz CT molecular complexity index is 1370. The highest BCUT2D eigenvalue weighted by molar-refractivity contribution is 6.30. The average molecular weight is 448 g/mol. The van der Waals surface area contributed by atoms with Crippen LogP contribution in [0.2, 0.25) is 5.02 Å². The van der Waals surface area contributed by atoms with Gasteiger partial charge in [0.1, 0.15) is 12.4 Å². The second-order valence-electron chi connectivity index (χ2n) is 7.95. The van der Waals surface area contributed by atoms with E-state index in [4.69, 9.17) is 11.6 Å². The molecule has 0 saturated carbocycles. The lowest BCUT2D eigenvalue weighted by Gasteiger charge is -2.14. The van der Waals surface area contributed by atoms with E-state index >= 15 is 0 Å². The van der Waals surface area contributed by atoms with Crippen LogP contribution in [0.1, 0.15) is 11.1 Å². The Morgan fingerprint density at radius 2 is 1.72 bits per heavy atom. The van der Waals surface area contributed by atoms with Crippen molar-refractivity contribution in [3.05, 3.63) is 99.1 Å². The molecule has 160 valence electrons. The van der Waals surface area contributed by atoms with E-state index in [1.54, 1.807) is 24.3 Å². The van der Waals surface area contributed by atoms with Crippen LogP contribution in [-0.4, -0.2) is 21.7 Å². The van der Waals surface area contributed by atoms with Gasteiger partial charge in [-0.05, 0) is 54.3 Å². The summed E-state index contributed by atoms with van der Waals surface area (Å²) in [7, 11) is 0. The summed E-state index contributed by atoms with van der Waals surface area (Å²) >= 11 is 5.99. The van der Waals surface area contributed by atoms with Crippen molar-refractivity contribution >= 4 is 28.3 Å². The lowest BCUT2D eigenvalue weighted by Crippen LogP contribution is -2.40. The summed E-state index contributed by atoms with van der Waals surface area (Å²) in [6.07, 6.45) is 1.52. The third-order valence-electron chi connectivity index (χ3n) is 5.75. The van der Waals surface area contributed by atoms with E-state index in [0.717, 1.165) is 17.5 Å². The van der Waals surface area contributed by atoms with Gasteiger partial charge in [-0.25, -0.2) is 9.07 Å². The fourth-order valence-corrected chi connectivity index (χ4v) is 4.38. The molecule has 0 spiro atoms. The van der Waals surface area contributed by atoms with Gasteiger partial charge in [-0.3, -0.25) is 9.59 Å². The monoisotopic (exact) mass is 447 g/mol. The highest BCUT2D eigenvalue weighted by atomic mass is 35.5. The van der Waals surface area contributed by atoms with Crippen molar-refractivity contribution in [2.45, 2.75) is 25.4 Å². The van der Waals surface area contributed by atoms with Crippen molar-refractivity contribution in [2.75, 3.05) is 0 Å². The number of carbonyl (C=O) groups excluding carboxylic acids is 1. The fraction of sp³-hybridized carbons (Fsp3) is 0.160. The molecule has 0 bridgehead atoms. The number of nitrogens with zero attached hydrogens (tertiary/aromatic N) is 2. The number of amides is 1. The van der Waals surface area contributed by atoms with Crippen LogP contribution in [-0.2, 0) is 24.2 Å². The van der Waals surface area contributed by atoms with Crippen molar-refractivity contribution in [3.8, 4) is 11.3 Å². The van der Waals surface area contributed by atoms with E-state index in [1.807, 2.05) is 12.1 Å². The molecular weight excluding hydrogens is 429 g/mol. The first-order valence-electron chi connectivity index (χ1n) is 10.3. The zero-order valence-electron chi connectivity index (χ0n) is 17.0. The molecule has 7 heteroatoms. The van der Waals surface area contributed by atoms with Crippen LogP contribution in [0.5, 0.6) is 0 Å². The van der Waals surface area contributed by atoms with E-state index in [0.29, 0.717) is 27.1 Å². The number of hydrogen-bond acceptors (Lipinski definition) is 3. The van der Waals surface area contributed by atoms with Gasteiger partial charge in [-0.2, -0.15) is 5.10 Å². The van der Waals surface area contributed by atoms with Gasteiger partial charge < -0.3 is 5.32 Å². The highest BCUT2D eigenvalue weighted by Crippen LogP contribution is 2.27. The Morgan fingerprint density at radius 1 is 1.03 bits per heavy atom. The van der Waals surface area contributed by atoms with Gasteiger partial charge in [0.15, 0.2) is 0 Å². The maximum Gasteiger partial charge on any atom is 0.275 e. The largest absolute Gasteiger partial charge is 0.351 e. The van der Waals surface area contributed by atoms with E-state index in [-0.39, 0.29) is 18.5 Å². The van der Waals surface area contributed by atoms with Gasteiger partial charge in [0.25, 0.3) is 5.56 Å². The zero-order chi connectivity index (χ0) is 22.2. The van der Waals surface area contributed by atoms with E-state index in [1.165, 1.54) is 29.3 Å². The van der Waals surface area contributed by atoms with Gasteiger partial charge >= 0.3 is 0 Å². The molecule has 1 heterocycles. The first-order chi connectivity index (χ1) is 15.5. The number of aromatic nitrogens is 2. The number of nitrogens with one attached hydrogen (secondary N) is 1. The molecule has 4 aromatic rings. The molecule has 0 aliphatic heterocycles. The summed E-state index contributed by atoms with van der Waals surface area (Å²) in [5.74, 6) is -0.758. The molecule has 0 radical (unpaired) electrons. The van der Waals surface area contributed by atoms with Crippen LogP contribution in [0.15, 0.2) is 71.5 Å². The summed E-state index contributed by atoms with van der Waals surface area (Å²) in [6, 6.07) is 18.9. The molecule has 1 N–H and O–H groups in total. The SMILES string of the molecule is O=C(Cn1nc(-c2ccc(Cl)cc2)c2cc(F)ccc2c1=O)NC1Cc2ccccc2C1. The van der Waals surface area contributed by atoms with Gasteiger partial charge in [-0.1, -0.05) is 48.0 Å². The smallest absolute Gasteiger partial charge is 0.275 e. The first-order valence-corrected chi connectivity index (χ1v) is 10.7. The van der Waals surface area contributed by atoms with Crippen molar-refractivity contribution in [2.24, 2.45) is 0 Å².